The van der Waals surface area contributed by atoms with Crippen molar-refractivity contribution in [1.29, 1.82) is 0 Å². The van der Waals surface area contributed by atoms with Gasteiger partial charge in [0.2, 0.25) is 11.7 Å². The van der Waals surface area contributed by atoms with E-state index >= 15 is 0 Å². The molecule has 35 heavy (non-hydrogen) atoms. The van der Waals surface area contributed by atoms with Gasteiger partial charge in [0, 0.05) is 11.8 Å². The van der Waals surface area contributed by atoms with E-state index in [4.69, 9.17) is 16.6 Å². The molecule has 3 aromatic carbocycles. The fourth-order valence-corrected chi connectivity index (χ4v) is 3.27. The number of rotatable bonds is 4. The summed E-state index contributed by atoms with van der Waals surface area (Å²) in [6.07, 6.45) is 0. The van der Waals surface area contributed by atoms with Gasteiger partial charge in [-0.05, 0) is 36.5 Å². The van der Waals surface area contributed by atoms with Crippen molar-refractivity contribution in [1.82, 2.24) is 10.3 Å². The second-order valence-corrected chi connectivity index (χ2v) is 7.24. The van der Waals surface area contributed by atoms with Gasteiger partial charge in [-0.2, -0.15) is 0 Å². The van der Waals surface area contributed by atoms with Crippen LogP contribution in [-0.2, 0) is 0 Å². The molecule has 0 saturated heterocycles. The molecule has 0 bridgehead atoms. The van der Waals surface area contributed by atoms with Crippen LogP contribution in [0.25, 0.3) is 22.6 Å². The van der Waals surface area contributed by atoms with E-state index in [1.165, 1.54) is 36.4 Å². The van der Waals surface area contributed by atoms with Gasteiger partial charge in [-0.25, -0.2) is 26.9 Å². The summed E-state index contributed by atoms with van der Waals surface area (Å²) in [5.41, 5.74) is -1.90. The summed E-state index contributed by atoms with van der Waals surface area (Å²) in [4.78, 5) is 26.5. The SMILES string of the molecule is O=C(NC(=S)Nc1ccc2oc(-c3c(F)c(F)c(F)c(F)c3F)nc2c1)c1ccccc1[N+](=O)[O-]. The standard InChI is InChI=1S/C21H9F5N4O4S/c22-14-13(15(23)17(25)18(26)16(14)24)20-28-10-7-8(5-6-12(10)34-20)27-21(35)29-19(31)9-3-1-2-4-11(9)30(32)33/h1-7H,(H2,27,29,31,35). The molecule has 0 saturated carbocycles. The maximum Gasteiger partial charge on any atom is 0.282 e. The van der Waals surface area contributed by atoms with Crippen LogP contribution in [0.15, 0.2) is 46.9 Å². The highest BCUT2D eigenvalue weighted by Crippen LogP contribution is 2.33. The van der Waals surface area contributed by atoms with Crippen molar-refractivity contribution in [3.63, 3.8) is 0 Å². The molecule has 1 amide bonds. The Kier molecular flexibility index (Phi) is 6.13. The number of hydrogen-bond donors (Lipinski definition) is 2. The zero-order chi connectivity index (χ0) is 25.4. The van der Waals surface area contributed by atoms with Gasteiger partial charge < -0.3 is 9.73 Å². The summed E-state index contributed by atoms with van der Waals surface area (Å²) >= 11 is 5.03. The van der Waals surface area contributed by atoms with E-state index in [1.54, 1.807) is 0 Å². The molecule has 1 aromatic heterocycles. The second kappa shape index (κ2) is 9.06. The van der Waals surface area contributed by atoms with Crippen LogP contribution in [0.3, 0.4) is 0 Å². The first-order valence-corrected chi connectivity index (χ1v) is 9.77. The van der Waals surface area contributed by atoms with Crippen molar-refractivity contribution >= 4 is 45.7 Å². The van der Waals surface area contributed by atoms with Gasteiger partial charge in [0.15, 0.2) is 34.0 Å². The van der Waals surface area contributed by atoms with E-state index in [0.29, 0.717) is 0 Å². The summed E-state index contributed by atoms with van der Waals surface area (Å²) in [5, 5.41) is 15.7. The number of hydrogen-bond acceptors (Lipinski definition) is 6. The van der Waals surface area contributed by atoms with Crippen molar-refractivity contribution in [2.24, 2.45) is 0 Å². The molecular weight excluding hydrogens is 499 g/mol. The van der Waals surface area contributed by atoms with Crippen LogP contribution in [-0.4, -0.2) is 20.9 Å². The molecule has 0 spiro atoms. The van der Waals surface area contributed by atoms with Gasteiger partial charge >= 0.3 is 0 Å². The molecule has 178 valence electrons. The number of halogens is 5. The zero-order valence-electron chi connectivity index (χ0n) is 16.9. The molecule has 0 radical (unpaired) electrons. The number of aromatic nitrogens is 1. The Morgan fingerprint density at radius 1 is 0.971 bits per heavy atom. The van der Waals surface area contributed by atoms with Gasteiger partial charge in [-0.15, -0.1) is 0 Å². The first kappa shape index (κ1) is 23.7. The lowest BCUT2D eigenvalue weighted by Crippen LogP contribution is -2.34. The minimum Gasteiger partial charge on any atom is -0.436 e. The summed E-state index contributed by atoms with van der Waals surface area (Å²) in [5.74, 6) is -12.5. The quantitative estimate of drug-likeness (QED) is 0.0971. The molecular formula is C21H9F5N4O4S. The molecule has 4 aromatic rings. The normalized spacial score (nSPS) is 10.9. The molecule has 0 unspecified atom stereocenters. The van der Waals surface area contributed by atoms with Crippen LogP contribution >= 0.6 is 12.2 Å². The molecule has 0 aliphatic carbocycles. The predicted molar refractivity (Wildman–Crippen MR) is 116 cm³/mol. The molecule has 4 rings (SSSR count). The molecule has 14 heteroatoms. The van der Waals surface area contributed by atoms with Crippen LogP contribution in [0.4, 0.5) is 33.3 Å². The Labute approximate surface area is 196 Å². The molecule has 1 heterocycles. The lowest BCUT2D eigenvalue weighted by molar-refractivity contribution is -0.385. The third kappa shape index (κ3) is 4.38. The molecule has 0 aliphatic rings. The Hall–Kier alpha value is -4.46. The number of amides is 1. The van der Waals surface area contributed by atoms with E-state index < -0.39 is 57.1 Å². The van der Waals surface area contributed by atoms with Crippen molar-refractivity contribution in [2.75, 3.05) is 5.32 Å². The van der Waals surface area contributed by atoms with Crippen LogP contribution in [0.1, 0.15) is 10.4 Å². The molecule has 2 N–H and O–H groups in total. The van der Waals surface area contributed by atoms with E-state index in [0.717, 1.165) is 6.07 Å². The highest BCUT2D eigenvalue weighted by atomic mass is 32.1. The number of benzene rings is 3. The Bertz CT molecular complexity index is 1510. The Balaban J connectivity index is 1.58. The third-order valence-corrected chi connectivity index (χ3v) is 4.85. The van der Waals surface area contributed by atoms with E-state index in [-0.39, 0.29) is 27.5 Å². The lowest BCUT2D eigenvalue weighted by atomic mass is 10.1. The molecule has 8 nitrogen and oxygen atoms in total. The number of nitro benzene ring substituents is 1. The smallest absolute Gasteiger partial charge is 0.282 e. The highest BCUT2D eigenvalue weighted by Gasteiger charge is 2.29. The first-order valence-electron chi connectivity index (χ1n) is 9.36. The average molecular weight is 508 g/mol. The highest BCUT2D eigenvalue weighted by molar-refractivity contribution is 7.80. The van der Waals surface area contributed by atoms with Gasteiger partial charge in [0.05, 0.1) is 4.92 Å². The number of para-hydroxylation sites is 1. The summed E-state index contributed by atoms with van der Waals surface area (Å²) in [6, 6.07) is 9.09. The Morgan fingerprint density at radius 2 is 1.60 bits per heavy atom. The van der Waals surface area contributed by atoms with Crippen molar-refractivity contribution in [2.45, 2.75) is 0 Å². The van der Waals surface area contributed by atoms with Gasteiger partial charge in [-0.1, -0.05) is 12.1 Å². The average Bonchev–Trinajstić information content (AvgIpc) is 3.24. The predicted octanol–water partition coefficient (Wildman–Crippen LogP) is 5.23. The third-order valence-electron chi connectivity index (χ3n) is 4.64. The van der Waals surface area contributed by atoms with Crippen LogP contribution in [0, 0.1) is 39.2 Å². The summed E-state index contributed by atoms with van der Waals surface area (Å²) < 4.78 is 73.6. The van der Waals surface area contributed by atoms with E-state index in [9.17, 15) is 36.9 Å². The van der Waals surface area contributed by atoms with Crippen LogP contribution < -0.4 is 10.6 Å². The van der Waals surface area contributed by atoms with Crippen LogP contribution in [0.5, 0.6) is 0 Å². The molecule has 0 atom stereocenters. The lowest BCUT2D eigenvalue weighted by Gasteiger charge is -2.09. The van der Waals surface area contributed by atoms with Crippen molar-refractivity contribution < 1.29 is 36.1 Å². The number of carbonyl (C=O) groups is 1. The monoisotopic (exact) mass is 508 g/mol. The number of nitro groups is 1. The maximum absolute atomic E-state index is 14.1. The van der Waals surface area contributed by atoms with Crippen molar-refractivity contribution in [3.8, 4) is 11.5 Å². The largest absolute Gasteiger partial charge is 0.436 e. The number of oxazole rings is 1. The van der Waals surface area contributed by atoms with Crippen LogP contribution in [0.2, 0.25) is 0 Å². The number of nitrogens with one attached hydrogen (secondary N) is 2. The Morgan fingerprint density at radius 3 is 2.26 bits per heavy atom. The number of anilines is 1. The van der Waals surface area contributed by atoms with E-state index in [1.807, 2.05) is 0 Å². The minimum atomic E-state index is -2.32. The summed E-state index contributed by atoms with van der Waals surface area (Å²) in [6.45, 7) is 0. The number of thiocarbonyl (C=S) groups is 1. The topological polar surface area (TPSA) is 110 Å². The van der Waals surface area contributed by atoms with Gasteiger partial charge in [-0.3, -0.25) is 20.2 Å². The first-order chi connectivity index (χ1) is 16.6. The zero-order valence-corrected chi connectivity index (χ0v) is 17.7. The minimum absolute atomic E-state index is 0.0400. The fraction of sp³-hybridized carbons (Fsp3) is 0. The van der Waals surface area contributed by atoms with E-state index in [2.05, 4.69) is 15.6 Å². The molecule has 0 aliphatic heterocycles. The number of carbonyl (C=O) groups excluding carboxylic acids is 1. The second-order valence-electron chi connectivity index (χ2n) is 6.83. The summed E-state index contributed by atoms with van der Waals surface area (Å²) in [7, 11) is 0. The molecule has 0 fully saturated rings. The number of nitrogens with zero attached hydrogens (tertiary/aromatic N) is 2. The fourth-order valence-electron chi connectivity index (χ4n) is 3.06. The van der Waals surface area contributed by atoms with Crippen molar-refractivity contribution in [3.05, 3.63) is 87.2 Å². The van der Waals surface area contributed by atoms with Gasteiger partial charge in [0.1, 0.15) is 16.6 Å². The van der Waals surface area contributed by atoms with Gasteiger partial charge in [0.25, 0.3) is 11.6 Å². The maximum atomic E-state index is 14.1. The number of fused-ring (bicyclic) bond motifs is 1.